The number of benzene rings is 1. The SMILES string of the molecule is C[C@H]1CN(C(=O)c2onc3ncccc23)Cc2nnc(CCc3ccccc3)n21. The average Bonchev–Trinajstić information content (AvgIpc) is 3.37. The molecule has 0 bridgehead atoms. The van der Waals surface area contributed by atoms with Crippen molar-refractivity contribution in [1.29, 1.82) is 0 Å². The van der Waals surface area contributed by atoms with E-state index >= 15 is 0 Å². The third-order valence-corrected chi connectivity index (χ3v) is 5.31. The first-order valence-corrected chi connectivity index (χ1v) is 9.67. The van der Waals surface area contributed by atoms with E-state index in [2.05, 4.69) is 44.0 Å². The van der Waals surface area contributed by atoms with E-state index in [0.717, 1.165) is 24.5 Å². The van der Waals surface area contributed by atoms with Crippen LogP contribution in [0.4, 0.5) is 0 Å². The molecule has 29 heavy (non-hydrogen) atoms. The van der Waals surface area contributed by atoms with Gasteiger partial charge in [-0.3, -0.25) is 4.79 Å². The van der Waals surface area contributed by atoms with Crippen molar-refractivity contribution >= 4 is 16.9 Å². The zero-order valence-electron chi connectivity index (χ0n) is 16.0. The molecule has 4 heterocycles. The van der Waals surface area contributed by atoms with Crippen LogP contribution < -0.4 is 0 Å². The van der Waals surface area contributed by atoms with Crippen molar-refractivity contribution in [2.24, 2.45) is 0 Å². The van der Waals surface area contributed by atoms with Crippen molar-refractivity contribution in [1.82, 2.24) is 29.8 Å². The summed E-state index contributed by atoms with van der Waals surface area (Å²) >= 11 is 0. The Hall–Kier alpha value is -3.55. The fourth-order valence-corrected chi connectivity index (χ4v) is 3.92. The third kappa shape index (κ3) is 3.16. The van der Waals surface area contributed by atoms with Crippen LogP contribution in [0.5, 0.6) is 0 Å². The number of aryl methyl sites for hydroxylation is 2. The van der Waals surface area contributed by atoms with Crippen molar-refractivity contribution in [3.63, 3.8) is 0 Å². The number of fused-ring (bicyclic) bond motifs is 2. The van der Waals surface area contributed by atoms with Gasteiger partial charge in [0.15, 0.2) is 5.82 Å². The number of nitrogens with zero attached hydrogens (tertiary/aromatic N) is 6. The minimum Gasteiger partial charge on any atom is -0.348 e. The molecule has 0 spiro atoms. The quantitative estimate of drug-likeness (QED) is 0.534. The molecule has 1 amide bonds. The summed E-state index contributed by atoms with van der Waals surface area (Å²) in [6, 6.07) is 14.0. The summed E-state index contributed by atoms with van der Waals surface area (Å²) in [7, 11) is 0. The highest BCUT2D eigenvalue weighted by molar-refractivity contribution is 6.02. The van der Waals surface area contributed by atoms with Crippen molar-refractivity contribution in [3.8, 4) is 0 Å². The molecule has 0 N–H and O–H groups in total. The largest absolute Gasteiger partial charge is 0.348 e. The Morgan fingerprint density at radius 1 is 1.14 bits per heavy atom. The summed E-state index contributed by atoms with van der Waals surface area (Å²) in [5.74, 6) is 1.77. The second-order valence-corrected chi connectivity index (χ2v) is 7.31. The molecular formula is C21H20N6O2. The molecule has 0 unspecified atom stereocenters. The average molecular weight is 388 g/mol. The zero-order valence-corrected chi connectivity index (χ0v) is 16.0. The standard InChI is InChI=1S/C21H20N6O2/c1-14-12-26(21(28)19-16-8-5-11-22-20(16)25-29-19)13-18-24-23-17(27(14)18)10-9-15-6-3-2-4-7-15/h2-8,11,14H,9-10,12-13H2,1H3/t14-/m0/s1. The molecule has 4 aromatic rings. The lowest BCUT2D eigenvalue weighted by Crippen LogP contribution is -2.40. The first-order valence-electron chi connectivity index (χ1n) is 9.67. The number of carbonyl (C=O) groups is 1. The molecule has 5 rings (SSSR count). The van der Waals surface area contributed by atoms with Crippen LogP contribution in [0, 0.1) is 0 Å². The highest BCUT2D eigenvalue weighted by Gasteiger charge is 2.32. The van der Waals surface area contributed by atoms with Gasteiger partial charge >= 0.3 is 0 Å². The Kier molecular flexibility index (Phi) is 4.31. The number of hydrogen-bond acceptors (Lipinski definition) is 6. The molecule has 0 saturated carbocycles. The Morgan fingerprint density at radius 3 is 2.86 bits per heavy atom. The number of aromatic nitrogens is 5. The van der Waals surface area contributed by atoms with Gasteiger partial charge < -0.3 is 14.0 Å². The van der Waals surface area contributed by atoms with Crippen LogP contribution in [-0.4, -0.2) is 42.3 Å². The lowest BCUT2D eigenvalue weighted by atomic mass is 10.1. The Morgan fingerprint density at radius 2 is 2.00 bits per heavy atom. The van der Waals surface area contributed by atoms with Gasteiger partial charge in [-0.15, -0.1) is 10.2 Å². The fourth-order valence-electron chi connectivity index (χ4n) is 3.92. The summed E-state index contributed by atoms with van der Waals surface area (Å²) in [5.41, 5.74) is 1.71. The van der Waals surface area contributed by atoms with Crippen LogP contribution in [0.3, 0.4) is 0 Å². The lowest BCUT2D eigenvalue weighted by molar-refractivity contribution is 0.0640. The summed E-state index contributed by atoms with van der Waals surface area (Å²) in [6.07, 6.45) is 3.35. The number of amides is 1. The summed E-state index contributed by atoms with van der Waals surface area (Å²) in [6.45, 7) is 3.03. The van der Waals surface area contributed by atoms with Gasteiger partial charge in [0.05, 0.1) is 18.0 Å². The normalized spacial score (nSPS) is 16.2. The van der Waals surface area contributed by atoms with Crippen LogP contribution >= 0.6 is 0 Å². The van der Waals surface area contributed by atoms with E-state index in [1.54, 1.807) is 23.2 Å². The lowest BCUT2D eigenvalue weighted by Gasteiger charge is -2.32. The van der Waals surface area contributed by atoms with E-state index in [1.165, 1.54) is 5.56 Å². The number of pyridine rings is 1. The van der Waals surface area contributed by atoms with Crippen molar-refractivity contribution in [2.45, 2.75) is 32.4 Å². The Labute approximate surface area is 167 Å². The maximum Gasteiger partial charge on any atom is 0.293 e. The van der Waals surface area contributed by atoms with Gasteiger partial charge in [-0.2, -0.15) is 0 Å². The van der Waals surface area contributed by atoms with Gasteiger partial charge in [0.2, 0.25) is 11.4 Å². The van der Waals surface area contributed by atoms with Crippen LogP contribution in [-0.2, 0) is 19.4 Å². The molecule has 8 heteroatoms. The fraction of sp³-hybridized carbons (Fsp3) is 0.286. The first kappa shape index (κ1) is 17.5. The zero-order chi connectivity index (χ0) is 19.8. The van der Waals surface area contributed by atoms with Crippen LogP contribution in [0.2, 0.25) is 0 Å². The number of carbonyl (C=O) groups excluding carboxylic acids is 1. The summed E-state index contributed by atoms with van der Waals surface area (Å²) < 4.78 is 7.46. The summed E-state index contributed by atoms with van der Waals surface area (Å²) in [4.78, 5) is 18.9. The van der Waals surface area contributed by atoms with Crippen LogP contribution in [0.15, 0.2) is 53.2 Å². The minimum absolute atomic E-state index is 0.0794. The van der Waals surface area contributed by atoms with E-state index < -0.39 is 0 Å². The smallest absolute Gasteiger partial charge is 0.293 e. The molecule has 0 radical (unpaired) electrons. The molecule has 1 aromatic carbocycles. The van der Waals surface area contributed by atoms with Crippen LogP contribution in [0.1, 0.15) is 40.7 Å². The predicted octanol–water partition coefficient (Wildman–Crippen LogP) is 2.82. The van der Waals surface area contributed by atoms with Gasteiger partial charge in [0.1, 0.15) is 5.82 Å². The molecule has 0 fully saturated rings. The Balaban J connectivity index is 1.36. The maximum atomic E-state index is 13.1. The molecule has 146 valence electrons. The minimum atomic E-state index is -0.201. The third-order valence-electron chi connectivity index (χ3n) is 5.31. The van der Waals surface area contributed by atoms with E-state index in [-0.39, 0.29) is 17.7 Å². The molecule has 0 saturated heterocycles. The molecule has 1 atom stereocenters. The van der Waals surface area contributed by atoms with Gasteiger partial charge in [-0.1, -0.05) is 35.5 Å². The van der Waals surface area contributed by atoms with Gasteiger partial charge in [-0.05, 0) is 31.0 Å². The first-order chi connectivity index (χ1) is 14.2. The van der Waals surface area contributed by atoms with E-state index in [1.807, 2.05) is 18.2 Å². The molecule has 3 aromatic heterocycles. The molecule has 8 nitrogen and oxygen atoms in total. The van der Waals surface area contributed by atoms with E-state index in [9.17, 15) is 4.79 Å². The van der Waals surface area contributed by atoms with Gasteiger partial charge in [-0.25, -0.2) is 4.98 Å². The van der Waals surface area contributed by atoms with Crippen LogP contribution in [0.25, 0.3) is 11.0 Å². The number of hydrogen-bond donors (Lipinski definition) is 0. The molecular weight excluding hydrogens is 368 g/mol. The van der Waals surface area contributed by atoms with E-state index in [0.29, 0.717) is 24.1 Å². The van der Waals surface area contributed by atoms with Gasteiger partial charge in [0, 0.05) is 19.2 Å². The molecule has 1 aliphatic rings. The highest BCUT2D eigenvalue weighted by atomic mass is 16.5. The van der Waals surface area contributed by atoms with Crippen molar-refractivity contribution in [3.05, 3.63) is 71.6 Å². The topological polar surface area (TPSA) is 89.9 Å². The predicted molar refractivity (Wildman–Crippen MR) is 105 cm³/mol. The molecule has 0 aliphatic carbocycles. The van der Waals surface area contributed by atoms with E-state index in [4.69, 9.17) is 4.52 Å². The highest BCUT2D eigenvalue weighted by Crippen LogP contribution is 2.25. The monoisotopic (exact) mass is 388 g/mol. The van der Waals surface area contributed by atoms with Gasteiger partial charge in [0.25, 0.3) is 5.91 Å². The maximum absolute atomic E-state index is 13.1. The second-order valence-electron chi connectivity index (χ2n) is 7.31. The number of rotatable bonds is 4. The molecule has 1 aliphatic heterocycles. The van der Waals surface area contributed by atoms with Crippen molar-refractivity contribution < 1.29 is 9.32 Å². The van der Waals surface area contributed by atoms with Crippen molar-refractivity contribution in [2.75, 3.05) is 6.54 Å². The Bertz CT molecular complexity index is 1170. The summed E-state index contributed by atoms with van der Waals surface area (Å²) in [5, 5.41) is 13.3. The second kappa shape index (κ2) is 7.12.